The summed E-state index contributed by atoms with van der Waals surface area (Å²) in [5.74, 6) is 0.568. The summed E-state index contributed by atoms with van der Waals surface area (Å²) in [6, 6.07) is 3.73. The molecule has 0 aromatic carbocycles. The van der Waals surface area contributed by atoms with Gasteiger partial charge in [0.15, 0.2) is 0 Å². The van der Waals surface area contributed by atoms with Gasteiger partial charge in [-0.1, -0.05) is 0 Å². The van der Waals surface area contributed by atoms with Gasteiger partial charge in [-0.3, -0.25) is 0 Å². The van der Waals surface area contributed by atoms with E-state index in [4.69, 9.17) is 9.47 Å². The standard InChI is InChI=1S/C16H23BrN2O3/c1-16(2,3)22-15(20)19-9-5-4-6-13(19)11-21-14-8-7-12(17)10-18-14/h7-8,10,13H,4-6,9,11H2,1-3H3/t13-/m0/s1. The highest BCUT2D eigenvalue weighted by Gasteiger charge is 2.30. The highest BCUT2D eigenvalue weighted by atomic mass is 79.9. The highest BCUT2D eigenvalue weighted by molar-refractivity contribution is 9.10. The minimum absolute atomic E-state index is 0.0362. The first kappa shape index (κ1) is 17.1. The fourth-order valence-corrected chi connectivity index (χ4v) is 2.60. The topological polar surface area (TPSA) is 51.7 Å². The van der Waals surface area contributed by atoms with E-state index < -0.39 is 5.60 Å². The molecule has 22 heavy (non-hydrogen) atoms. The van der Waals surface area contributed by atoms with Crippen molar-refractivity contribution in [3.63, 3.8) is 0 Å². The smallest absolute Gasteiger partial charge is 0.410 e. The van der Waals surface area contributed by atoms with Crippen LogP contribution in [0, 0.1) is 0 Å². The van der Waals surface area contributed by atoms with Crippen molar-refractivity contribution in [1.82, 2.24) is 9.88 Å². The first-order chi connectivity index (χ1) is 10.3. The van der Waals surface area contributed by atoms with Crippen molar-refractivity contribution in [1.29, 1.82) is 0 Å². The average molecular weight is 371 g/mol. The molecule has 0 bridgehead atoms. The Morgan fingerprint density at radius 2 is 2.18 bits per heavy atom. The van der Waals surface area contributed by atoms with Gasteiger partial charge in [0.1, 0.15) is 12.2 Å². The molecule has 1 aliphatic heterocycles. The number of pyridine rings is 1. The molecule has 1 aliphatic rings. The summed E-state index contributed by atoms with van der Waals surface area (Å²) in [4.78, 5) is 18.3. The Labute approximate surface area is 140 Å². The van der Waals surface area contributed by atoms with E-state index in [0.29, 0.717) is 12.5 Å². The van der Waals surface area contributed by atoms with E-state index in [2.05, 4.69) is 20.9 Å². The number of carbonyl (C=O) groups excluding carboxylic acids is 1. The Kier molecular flexibility index (Phi) is 5.67. The minimum Gasteiger partial charge on any atom is -0.475 e. The van der Waals surface area contributed by atoms with Crippen LogP contribution in [-0.4, -0.2) is 40.8 Å². The first-order valence-electron chi connectivity index (χ1n) is 7.59. The number of hydrogen-bond donors (Lipinski definition) is 0. The number of halogens is 1. The van der Waals surface area contributed by atoms with Crippen LogP contribution in [0.15, 0.2) is 22.8 Å². The SMILES string of the molecule is CC(C)(C)OC(=O)N1CCCC[C@H]1COc1ccc(Br)cn1. The highest BCUT2D eigenvalue weighted by Crippen LogP contribution is 2.21. The molecule has 2 heterocycles. The Balaban J connectivity index is 1.94. The third kappa shape index (κ3) is 5.16. The van der Waals surface area contributed by atoms with Crippen molar-refractivity contribution < 1.29 is 14.3 Å². The van der Waals surface area contributed by atoms with Gasteiger partial charge in [-0.15, -0.1) is 0 Å². The average Bonchev–Trinajstić information content (AvgIpc) is 2.45. The summed E-state index contributed by atoms with van der Waals surface area (Å²) in [6.07, 6.45) is 4.47. The fourth-order valence-electron chi connectivity index (χ4n) is 2.36. The van der Waals surface area contributed by atoms with Crippen LogP contribution < -0.4 is 4.74 Å². The molecule has 0 N–H and O–H groups in total. The zero-order valence-corrected chi connectivity index (χ0v) is 14.9. The molecule has 6 heteroatoms. The fraction of sp³-hybridized carbons (Fsp3) is 0.625. The monoisotopic (exact) mass is 370 g/mol. The van der Waals surface area contributed by atoms with E-state index in [9.17, 15) is 4.79 Å². The molecule has 1 aromatic heterocycles. The van der Waals surface area contributed by atoms with Crippen LogP contribution in [0.2, 0.25) is 0 Å². The van der Waals surface area contributed by atoms with Crippen LogP contribution >= 0.6 is 15.9 Å². The summed E-state index contributed by atoms with van der Waals surface area (Å²) < 4.78 is 12.1. The summed E-state index contributed by atoms with van der Waals surface area (Å²) >= 11 is 3.34. The molecule has 122 valence electrons. The lowest BCUT2D eigenvalue weighted by atomic mass is 10.0. The number of amides is 1. The lowest BCUT2D eigenvalue weighted by Crippen LogP contribution is -2.48. The predicted molar refractivity (Wildman–Crippen MR) is 88.0 cm³/mol. The first-order valence-corrected chi connectivity index (χ1v) is 8.38. The van der Waals surface area contributed by atoms with E-state index in [-0.39, 0.29) is 12.1 Å². The molecule has 1 saturated heterocycles. The largest absolute Gasteiger partial charge is 0.475 e. The van der Waals surface area contributed by atoms with E-state index in [1.165, 1.54) is 0 Å². The van der Waals surface area contributed by atoms with Gasteiger partial charge in [-0.2, -0.15) is 0 Å². The minimum atomic E-state index is -0.479. The van der Waals surface area contributed by atoms with Crippen molar-refractivity contribution in [3.05, 3.63) is 22.8 Å². The maximum absolute atomic E-state index is 12.3. The summed E-state index contributed by atoms with van der Waals surface area (Å²) in [5.41, 5.74) is -0.479. The second kappa shape index (κ2) is 7.31. The molecule has 0 saturated carbocycles. The van der Waals surface area contributed by atoms with Gasteiger partial charge in [-0.25, -0.2) is 9.78 Å². The second-order valence-corrected chi connectivity index (χ2v) is 7.36. The van der Waals surface area contributed by atoms with Crippen LogP contribution in [-0.2, 0) is 4.74 Å². The Morgan fingerprint density at radius 1 is 1.41 bits per heavy atom. The van der Waals surface area contributed by atoms with Gasteiger partial charge in [0.25, 0.3) is 0 Å². The van der Waals surface area contributed by atoms with Crippen molar-refractivity contribution in [2.75, 3.05) is 13.2 Å². The van der Waals surface area contributed by atoms with Gasteiger partial charge in [-0.05, 0) is 62.0 Å². The number of ether oxygens (including phenoxy) is 2. The third-order valence-corrected chi connectivity index (χ3v) is 3.85. The van der Waals surface area contributed by atoms with E-state index in [1.807, 2.05) is 32.9 Å². The number of hydrogen-bond acceptors (Lipinski definition) is 4. The maximum Gasteiger partial charge on any atom is 0.410 e. The molecule has 1 aromatic rings. The quantitative estimate of drug-likeness (QED) is 0.806. The molecule has 0 spiro atoms. The molecule has 1 fully saturated rings. The van der Waals surface area contributed by atoms with E-state index >= 15 is 0 Å². The third-order valence-electron chi connectivity index (χ3n) is 3.38. The maximum atomic E-state index is 12.3. The van der Waals surface area contributed by atoms with Gasteiger partial charge < -0.3 is 14.4 Å². The van der Waals surface area contributed by atoms with Crippen molar-refractivity contribution in [2.24, 2.45) is 0 Å². The number of likely N-dealkylation sites (tertiary alicyclic amines) is 1. The lowest BCUT2D eigenvalue weighted by Gasteiger charge is -2.36. The van der Waals surface area contributed by atoms with E-state index in [0.717, 1.165) is 30.3 Å². The Morgan fingerprint density at radius 3 is 2.82 bits per heavy atom. The number of piperidine rings is 1. The zero-order chi connectivity index (χ0) is 16.2. The molecule has 1 amide bonds. The summed E-state index contributed by atoms with van der Waals surface area (Å²) in [7, 11) is 0. The number of rotatable bonds is 3. The molecule has 0 radical (unpaired) electrons. The molecule has 1 atom stereocenters. The summed E-state index contributed by atoms with van der Waals surface area (Å²) in [5, 5.41) is 0. The molecule has 0 aliphatic carbocycles. The van der Waals surface area contributed by atoms with Crippen LogP contribution in [0.25, 0.3) is 0 Å². The number of nitrogens with zero attached hydrogens (tertiary/aromatic N) is 2. The molecule has 0 unspecified atom stereocenters. The molecular weight excluding hydrogens is 348 g/mol. The van der Waals surface area contributed by atoms with Crippen molar-refractivity contribution >= 4 is 22.0 Å². The van der Waals surface area contributed by atoms with Crippen molar-refractivity contribution in [2.45, 2.75) is 51.7 Å². The second-order valence-electron chi connectivity index (χ2n) is 6.45. The summed E-state index contributed by atoms with van der Waals surface area (Å²) in [6.45, 7) is 6.80. The van der Waals surface area contributed by atoms with Gasteiger partial charge in [0.2, 0.25) is 5.88 Å². The predicted octanol–water partition coefficient (Wildman–Crippen LogP) is 4.01. The van der Waals surface area contributed by atoms with Gasteiger partial charge in [0.05, 0.1) is 6.04 Å². The molecular formula is C16H23BrN2O3. The number of carbonyl (C=O) groups is 1. The van der Waals surface area contributed by atoms with Crippen LogP contribution in [0.5, 0.6) is 5.88 Å². The molecule has 2 rings (SSSR count). The van der Waals surface area contributed by atoms with Crippen molar-refractivity contribution in [3.8, 4) is 5.88 Å². The van der Waals surface area contributed by atoms with E-state index in [1.54, 1.807) is 11.1 Å². The van der Waals surface area contributed by atoms with Gasteiger partial charge in [0, 0.05) is 23.3 Å². The Bertz CT molecular complexity index is 499. The zero-order valence-electron chi connectivity index (χ0n) is 13.3. The lowest BCUT2D eigenvalue weighted by molar-refractivity contribution is 0.00335. The van der Waals surface area contributed by atoms with Crippen LogP contribution in [0.1, 0.15) is 40.0 Å². The van der Waals surface area contributed by atoms with Crippen LogP contribution in [0.3, 0.4) is 0 Å². The molecule has 5 nitrogen and oxygen atoms in total. The normalized spacial score (nSPS) is 18.9. The van der Waals surface area contributed by atoms with Crippen LogP contribution in [0.4, 0.5) is 4.79 Å². The Hall–Kier alpha value is -1.30. The number of aromatic nitrogens is 1. The van der Waals surface area contributed by atoms with Gasteiger partial charge >= 0.3 is 6.09 Å².